The summed E-state index contributed by atoms with van der Waals surface area (Å²) in [6.07, 6.45) is -0.271. The maximum atomic E-state index is 12.1. The van der Waals surface area contributed by atoms with Crippen molar-refractivity contribution in [2.45, 2.75) is 32.0 Å². The largest absolute Gasteiger partial charge is 0.482 e. The van der Waals surface area contributed by atoms with Gasteiger partial charge >= 0.3 is 5.97 Å². The number of para-hydroxylation sites is 2. The molecule has 0 aromatic heterocycles. The summed E-state index contributed by atoms with van der Waals surface area (Å²) in [7, 11) is 1.34. The first-order valence-corrected chi connectivity index (χ1v) is 6.88. The number of rotatable bonds is 5. The van der Waals surface area contributed by atoms with Crippen molar-refractivity contribution in [3.8, 4) is 11.5 Å². The first-order valence-electron chi connectivity index (χ1n) is 6.88. The third-order valence-corrected chi connectivity index (χ3v) is 3.19. The van der Waals surface area contributed by atoms with Gasteiger partial charge in [-0.05, 0) is 25.5 Å². The van der Waals surface area contributed by atoms with Crippen LogP contribution in [0, 0.1) is 0 Å². The molecule has 0 saturated carbocycles. The highest BCUT2D eigenvalue weighted by Gasteiger charge is 2.33. The average molecular weight is 293 g/mol. The molecule has 1 aromatic carbocycles. The number of benzene rings is 1. The molecule has 6 nitrogen and oxygen atoms in total. The summed E-state index contributed by atoms with van der Waals surface area (Å²) in [5, 5.41) is 2.74. The van der Waals surface area contributed by atoms with Gasteiger partial charge < -0.3 is 19.5 Å². The fraction of sp³-hybridized carbons (Fsp3) is 0.467. The van der Waals surface area contributed by atoms with Gasteiger partial charge in [0.25, 0.3) is 5.91 Å². The average Bonchev–Trinajstić information content (AvgIpc) is 2.50. The number of fused-ring (bicyclic) bond motifs is 1. The zero-order valence-electron chi connectivity index (χ0n) is 12.1. The second kappa shape index (κ2) is 6.97. The summed E-state index contributed by atoms with van der Waals surface area (Å²) < 4.78 is 15.9. The van der Waals surface area contributed by atoms with Crippen LogP contribution in [0.3, 0.4) is 0 Å². The van der Waals surface area contributed by atoms with Gasteiger partial charge in [-0.2, -0.15) is 0 Å². The minimum atomic E-state index is -0.696. The Morgan fingerprint density at radius 2 is 1.90 bits per heavy atom. The predicted octanol–water partition coefficient (Wildman–Crippen LogP) is 1.28. The van der Waals surface area contributed by atoms with Crippen molar-refractivity contribution < 1.29 is 23.8 Å². The number of amides is 1. The van der Waals surface area contributed by atoms with Crippen LogP contribution >= 0.6 is 0 Å². The molecule has 6 heteroatoms. The van der Waals surface area contributed by atoms with Crippen molar-refractivity contribution >= 4 is 11.9 Å². The molecule has 0 fully saturated rings. The molecule has 1 amide bonds. The van der Waals surface area contributed by atoms with E-state index >= 15 is 0 Å². The lowest BCUT2D eigenvalue weighted by Gasteiger charge is -2.31. The first kappa shape index (κ1) is 15.2. The van der Waals surface area contributed by atoms with Crippen molar-refractivity contribution in [1.29, 1.82) is 0 Å². The van der Waals surface area contributed by atoms with Gasteiger partial charge in [-0.25, -0.2) is 0 Å². The van der Waals surface area contributed by atoms with Crippen molar-refractivity contribution in [1.82, 2.24) is 5.32 Å². The molecule has 1 N–H and O–H groups in total. The molecule has 0 radical (unpaired) electrons. The van der Waals surface area contributed by atoms with Gasteiger partial charge in [-0.15, -0.1) is 0 Å². The Balaban J connectivity index is 1.84. The summed E-state index contributed by atoms with van der Waals surface area (Å²) in [5.74, 6) is 0.663. The monoisotopic (exact) mass is 293 g/mol. The Bertz CT molecular complexity index is 517. The second-order valence-corrected chi connectivity index (χ2v) is 4.78. The number of hydrogen-bond donors (Lipinski definition) is 1. The molecular weight excluding hydrogens is 274 g/mol. The van der Waals surface area contributed by atoms with Gasteiger partial charge in [-0.3, -0.25) is 9.59 Å². The number of esters is 1. The van der Waals surface area contributed by atoms with Crippen molar-refractivity contribution in [3.05, 3.63) is 24.3 Å². The Labute approximate surface area is 123 Å². The Morgan fingerprint density at radius 3 is 2.57 bits per heavy atom. The second-order valence-electron chi connectivity index (χ2n) is 4.78. The van der Waals surface area contributed by atoms with E-state index in [0.717, 1.165) is 0 Å². The van der Waals surface area contributed by atoms with Crippen LogP contribution in [0.1, 0.15) is 19.8 Å². The van der Waals surface area contributed by atoms with Crippen LogP contribution < -0.4 is 14.8 Å². The quantitative estimate of drug-likeness (QED) is 0.654. The van der Waals surface area contributed by atoms with E-state index in [0.29, 0.717) is 24.5 Å². The third-order valence-electron chi connectivity index (χ3n) is 3.19. The maximum Gasteiger partial charge on any atom is 0.305 e. The SMILES string of the molecule is COC(=O)CCCNC(=O)[C@H]1Oc2ccccc2O[C@@H]1C. The van der Waals surface area contributed by atoms with E-state index in [1.165, 1.54) is 7.11 Å². The lowest BCUT2D eigenvalue weighted by molar-refractivity contribution is -0.141. The first-order chi connectivity index (χ1) is 10.1. The molecule has 0 unspecified atom stereocenters. The molecule has 1 aliphatic heterocycles. The van der Waals surface area contributed by atoms with Crippen molar-refractivity contribution in [2.24, 2.45) is 0 Å². The van der Waals surface area contributed by atoms with Gasteiger partial charge in [0.2, 0.25) is 6.10 Å². The van der Waals surface area contributed by atoms with E-state index in [9.17, 15) is 9.59 Å². The molecule has 1 aromatic rings. The van der Waals surface area contributed by atoms with Crippen LogP contribution in [-0.4, -0.2) is 37.7 Å². The van der Waals surface area contributed by atoms with Crippen LogP contribution in [0.5, 0.6) is 11.5 Å². The molecule has 2 rings (SSSR count). The van der Waals surface area contributed by atoms with Crippen LogP contribution in [0.2, 0.25) is 0 Å². The van der Waals surface area contributed by atoms with Gasteiger partial charge in [0.15, 0.2) is 11.5 Å². The number of ether oxygens (including phenoxy) is 3. The van der Waals surface area contributed by atoms with E-state index in [-0.39, 0.29) is 24.4 Å². The van der Waals surface area contributed by atoms with Crippen LogP contribution in [-0.2, 0) is 14.3 Å². The molecule has 0 saturated heterocycles. The molecule has 1 aliphatic rings. The van der Waals surface area contributed by atoms with E-state index in [4.69, 9.17) is 9.47 Å². The maximum absolute atomic E-state index is 12.1. The van der Waals surface area contributed by atoms with E-state index in [1.807, 2.05) is 12.1 Å². The van der Waals surface area contributed by atoms with Crippen molar-refractivity contribution in [2.75, 3.05) is 13.7 Å². The minimum absolute atomic E-state index is 0.248. The molecular formula is C15H19NO5. The van der Waals surface area contributed by atoms with Crippen LogP contribution in [0.4, 0.5) is 0 Å². The predicted molar refractivity (Wildman–Crippen MR) is 75.2 cm³/mol. The molecule has 0 aliphatic carbocycles. The number of carbonyl (C=O) groups excluding carboxylic acids is 2. The normalized spacial score (nSPS) is 19.7. The van der Waals surface area contributed by atoms with E-state index in [1.54, 1.807) is 19.1 Å². The fourth-order valence-electron chi connectivity index (χ4n) is 2.05. The van der Waals surface area contributed by atoms with Crippen LogP contribution in [0.15, 0.2) is 24.3 Å². The third kappa shape index (κ3) is 3.87. The lowest BCUT2D eigenvalue weighted by Crippen LogP contribution is -2.49. The van der Waals surface area contributed by atoms with Gasteiger partial charge in [-0.1, -0.05) is 12.1 Å². The van der Waals surface area contributed by atoms with Crippen molar-refractivity contribution in [3.63, 3.8) is 0 Å². The summed E-state index contributed by atoms with van der Waals surface area (Å²) in [4.78, 5) is 23.1. The molecule has 114 valence electrons. The van der Waals surface area contributed by atoms with Gasteiger partial charge in [0.1, 0.15) is 6.10 Å². The van der Waals surface area contributed by atoms with E-state index in [2.05, 4.69) is 10.1 Å². The zero-order valence-corrected chi connectivity index (χ0v) is 12.1. The Kier molecular flexibility index (Phi) is 5.03. The number of carbonyl (C=O) groups is 2. The lowest BCUT2D eigenvalue weighted by atomic mass is 10.1. The Hall–Kier alpha value is -2.24. The number of nitrogens with one attached hydrogen (secondary N) is 1. The number of hydrogen-bond acceptors (Lipinski definition) is 5. The smallest absolute Gasteiger partial charge is 0.305 e. The highest BCUT2D eigenvalue weighted by molar-refractivity contribution is 5.82. The number of methoxy groups -OCH3 is 1. The summed E-state index contributed by atoms with van der Waals surface area (Å²) in [6.45, 7) is 2.18. The summed E-state index contributed by atoms with van der Waals surface area (Å²) >= 11 is 0. The topological polar surface area (TPSA) is 73.9 Å². The molecule has 2 atom stereocenters. The summed E-state index contributed by atoms with van der Waals surface area (Å²) in [6, 6.07) is 7.24. The highest BCUT2D eigenvalue weighted by atomic mass is 16.6. The zero-order chi connectivity index (χ0) is 15.2. The van der Waals surface area contributed by atoms with Gasteiger partial charge in [0, 0.05) is 13.0 Å². The molecule has 21 heavy (non-hydrogen) atoms. The molecule has 0 spiro atoms. The molecule has 0 bridgehead atoms. The van der Waals surface area contributed by atoms with E-state index < -0.39 is 6.10 Å². The Morgan fingerprint density at radius 1 is 1.24 bits per heavy atom. The minimum Gasteiger partial charge on any atom is -0.482 e. The highest BCUT2D eigenvalue weighted by Crippen LogP contribution is 2.33. The van der Waals surface area contributed by atoms with Crippen LogP contribution in [0.25, 0.3) is 0 Å². The molecule has 1 heterocycles. The standard InChI is InChI=1S/C15H19NO5/c1-10-14(15(18)16-9-5-8-13(17)19-2)21-12-7-4-3-6-11(12)20-10/h3-4,6-7,10,14H,5,8-9H2,1-2H3,(H,16,18)/t10-,14+/m1/s1. The fourth-order valence-corrected chi connectivity index (χ4v) is 2.05. The van der Waals surface area contributed by atoms with Gasteiger partial charge in [0.05, 0.1) is 7.11 Å². The summed E-state index contributed by atoms with van der Waals surface area (Å²) in [5.41, 5.74) is 0.